The first kappa shape index (κ1) is 15.1. The van der Waals surface area contributed by atoms with Crippen molar-refractivity contribution in [2.24, 2.45) is 7.05 Å². The molecule has 4 rings (SSSR count). The maximum absolute atomic E-state index is 12.2. The van der Waals surface area contributed by atoms with Crippen LogP contribution in [-0.2, 0) is 7.05 Å². The second-order valence-corrected chi connectivity index (χ2v) is 6.96. The van der Waals surface area contributed by atoms with Crippen molar-refractivity contribution in [1.29, 1.82) is 0 Å². The summed E-state index contributed by atoms with van der Waals surface area (Å²) in [6.45, 7) is 1.78. The van der Waals surface area contributed by atoms with Crippen molar-refractivity contribution < 1.29 is 4.79 Å². The average Bonchev–Trinajstić information content (AvgIpc) is 3.21. The van der Waals surface area contributed by atoms with Crippen LogP contribution in [0.5, 0.6) is 0 Å². The van der Waals surface area contributed by atoms with Crippen molar-refractivity contribution in [3.8, 4) is 0 Å². The van der Waals surface area contributed by atoms with Crippen molar-refractivity contribution in [2.45, 2.75) is 18.9 Å². The Balaban J connectivity index is 1.37. The normalized spacial score (nSPS) is 15.8. The van der Waals surface area contributed by atoms with Crippen LogP contribution >= 0.6 is 11.3 Å². The lowest BCUT2D eigenvalue weighted by molar-refractivity contribution is 0.0925. The van der Waals surface area contributed by atoms with E-state index in [0.29, 0.717) is 5.69 Å². The van der Waals surface area contributed by atoms with Crippen LogP contribution in [0, 0.1) is 0 Å². The highest BCUT2D eigenvalue weighted by atomic mass is 32.1. The van der Waals surface area contributed by atoms with Crippen molar-refractivity contribution in [3.05, 3.63) is 36.4 Å². The number of carbonyl (C=O) groups excluding carboxylic acids is 1. The minimum absolute atomic E-state index is 0.0971. The molecule has 1 saturated heterocycles. The van der Waals surface area contributed by atoms with E-state index >= 15 is 0 Å². The molecule has 0 unspecified atom stereocenters. The first-order valence-electron chi connectivity index (χ1n) is 7.95. The molecule has 0 aromatic carbocycles. The van der Waals surface area contributed by atoms with E-state index in [1.807, 2.05) is 13.1 Å². The van der Waals surface area contributed by atoms with Crippen LogP contribution in [0.3, 0.4) is 0 Å². The molecule has 1 fully saturated rings. The predicted molar refractivity (Wildman–Crippen MR) is 93.3 cm³/mol. The quantitative estimate of drug-likeness (QED) is 0.786. The zero-order valence-corrected chi connectivity index (χ0v) is 14.2. The maximum atomic E-state index is 12.2. The van der Waals surface area contributed by atoms with Crippen LogP contribution in [-0.4, -0.2) is 44.8 Å². The molecule has 0 aliphatic carbocycles. The van der Waals surface area contributed by atoms with Crippen molar-refractivity contribution in [3.63, 3.8) is 0 Å². The molecular formula is C16H18N6OS. The Kier molecular flexibility index (Phi) is 3.89. The standard InChI is InChI=1S/C16H18N6OS/c1-21-7-5-12(20-21)15(23)18-11-3-8-22(9-4-11)16-19-13-10-17-6-2-14(13)24-16/h2,5-7,10-11H,3-4,8-9H2,1H3,(H,18,23). The molecule has 1 amide bonds. The smallest absolute Gasteiger partial charge is 0.271 e. The van der Waals surface area contributed by atoms with E-state index in [1.54, 1.807) is 40.7 Å². The number of carbonyl (C=O) groups is 1. The van der Waals surface area contributed by atoms with Crippen molar-refractivity contribution in [2.75, 3.05) is 18.0 Å². The van der Waals surface area contributed by atoms with E-state index in [-0.39, 0.29) is 11.9 Å². The summed E-state index contributed by atoms with van der Waals surface area (Å²) in [5, 5.41) is 8.26. The molecule has 8 heteroatoms. The molecule has 0 radical (unpaired) electrons. The largest absolute Gasteiger partial charge is 0.348 e. The maximum Gasteiger partial charge on any atom is 0.271 e. The summed E-state index contributed by atoms with van der Waals surface area (Å²) in [7, 11) is 1.81. The third-order valence-electron chi connectivity index (χ3n) is 4.23. The van der Waals surface area contributed by atoms with Gasteiger partial charge in [0.05, 0.1) is 10.9 Å². The van der Waals surface area contributed by atoms with Gasteiger partial charge in [0, 0.05) is 38.6 Å². The highest BCUT2D eigenvalue weighted by Crippen LogP contribution is 2.29. The summed E-state index contributed by atoms with van der Waals surface area (Å²) in [6.07, 6.45) is 7.19. The first-order chi connectivity index (χ1) is 11.7. The minimum atomic E-state index is -0.0971. The van der Waals surface area contributed by atoms with Crippen LogP contribution in [0.15, 0.2) is 30.7 Å². The summed E-state index contributed by atoms with van der Waals surface area (Å²) < 4.78 is 2.80. The Morgan fingerprint density at radius 3 is 2.88 bits per heavy atom. The number of thiazole rings is 1. The molecule has 24 heavy (non-hydrogen) atoms. The molecule has 0 spiro atoms. The summed E-state index contributed by atoms with van der Waals surface area (Å²) in [4.78, 5) is 23.2. The molecule has 7 nitrogen and oxygen atoms in total. The fourth-order valence-electron chi connectivity index (χ4n) is 2.91. The zero-order valence-electron chi connectivity index (χ0n) is 13.3. The fourth-order valence-corrected chi connectivity index (χ4v) is 3.90. The summed E-state index contributed by atoms with van der Waals surface area (Å²) in [5.41, 5.74) is 1.42. The Bertz CT molecular complexity index is 831. The van der Waals surface area contributed by atoms with E-state index < -0.39 is 0 Å². The molecule has 0 bridgehead atoms. The number of aromatic nitrogens is 4. The lowest BCUT2D eigenvalue weighted by Crippen LogP contribution is -2.44. The molecule has 4 heterocycles. The second kappa shape index (κ2) is 6.20. The number of aryl methyl sites for hydroxylation is 1. The van der Waals surface area contributed by atoms with Gasteiger partial charge in [-0.1, -0.05) is 11.3 Å². The number of piperidine rings is 1. The van der Waals surface area contributed by atoms with Gasteiger partial charge in [-0.05, 0) is 25.0 Å². The molecular weight excluding hydrogens is 324 g/mol. The zero-order chi connectivity index (χ0) is 16.5. The number of nitrogens with one attached hydrogen (secondary N) is 1. The van der Waals surface area contributed by atoms with E-state index in [2.05, 4.69) is 25.3 Å². The predicted octanol–water partition coefficient (Wildman–Crippen LogP) is 1.82. The third-order valence-corrected chi connectivity index (χ3v) is 5.32. The van der Waals surface area contributed by atoms with E-state index in [0.717, 1.165) is 41.3 Å². The summed E-state index contributed by atoms with van der Waals surface area (Å²) >= 11 is 1.69. The Hall–Kier alpha value is -2.48. The van der Waals surface area contributed by atoms with E-state index in [9.17, 15) is 4.79 Å². The number of anilines is 1. The van der Waals surface area contributed by atoms with Crippen molar-refractivity contribution in [1.82, 2.24) is 25.1 Å². The highest BCUT2D eigenvalue weighted by molar-refractivity contribution is 7.22. The number of nitrogens with zero attached hydrogens (tertiary/aromatic N) is 5. The molecule has 0 saturated carbocycles. The van der Waals surface area contributed by atoms with Gasteiger partial charge in [-0.15, -0.1) is 0 Å². The number of hydrogen-bond donors (Lipinski definition) is 1. The number of amides is 1. The van der Waals surface area contributed by atoms with Gasteiger partial charge in [-0.3, -0.25) is 14.5 Å². The highest BCUT2D eigenvalue weighted by Gasteiger charge is 2.23. The molecule has 3 aromatic heterocycles. The molecule has 0 atom stereocenters. The Morgan fingerprint density at radius 2 is 2.17 bits per heavy atom. The number of fused-ring (bicyclic) bond motifs is 1. The van der Waals surface area contributed by atoms with Gasteiger partial charge in [0.2, 0.25) is 0 Å². The fraction of sp³-hybridized carbons (Fsp3) is 0.375. The number of rotatable bonds is 3. The van der Waals surface area contributed by atoms with Gasteiger partial charge in [-0.25, -0.2) is 4.98 Å². The summed E-state index contributed by atoms with van der Waals surface area (Å²) in [6, 6.07) is 3.92. The lowest BCUT2D eigenvalue weighted by Gasteiger charge is -2.31. The van der Waals surface area contributed by atoms with Gasteiger partial charge in [-0.2, -0.15) is 5.10 Å². The number of pyridine rings is 1. The van der Waals surface area contributed by atoms with Gasteiger partial charge in [0.15, 0.2) is 5.13 Å². The topological polar surface area (TPSA) is 75.9 Å². The van der Waals surface area contributed by atoms with Crippen LogP contribution in [0.2, 0.25) is 0 Å². The van der Waals surface area contributed by atoms with Crippen LogP contribution in [0.25, 0.3) is 10.2 Å². The second-order valence-electron chi connectivity index (χ2n) is 5.95. The van der Waals surface area contributed by atoms with Gasteiger partial charge < -0.3 is 10.2 Å². The Morgan fingerprint density at radius 1 is 1.33 bits per heavy atom. The van der Waals surface area contributed by atoms with E-state index in [4.69, 9.17) is 0 Å². The van der Waals surface area contributed by atoms with Crippen molar-refractivity contribution >= 4 is 32.6 Å². The Labute approximate surface area is 143 Å². The monoisotopic (exact) mass is 342 g/mol. The molecule has 3 aromatic rings. The lowest BCUT2D eigenvalue weighted by atomic mass is 10.1. The molecule has 124 valence electrons. The molecule has 1 aliphatic heterocycles. The average molecular weight is 342 g/mol. The molecule has 1 aliphatic rings. The van der Waals surface area contributed by atoms with Gasteiger partial charge in [0.1, 0.15) is 11.2 Å². The van der Waals surface area contributed by atoms with Crippen LogP contribution in [0.4, 0.5) is 5.13 Å². The van der Waals surface area contributed by atoms with Gasteiger partial charge in [0.25, 0.3) is 5.91 Å². The first-order valence-corrected chi connectivity index (χ1v) is 8.77. The SMILES string of the molecule is Cn1ccc(C(=O)NC2CCN(c3nc4cnccc4s3)CC2)n1. The van der Waals surface area contributed by atoms with Crippen LogP contribution < -0.4 is 10.2 Å². The van der Waals surface area contributed by atoms with Gasteiger partial charge >= 0.3 is 0 Å². The molecule has 1 N–H and O–H groups in total. The third kappa shape index (κ3) is 2.96. The van der Waals surface area contributed by atoms with E-state index in [1.165, 1.54) is 0 Å². The minimum Gasteiger partial charge on any atom is -0.348 e. The summed E-state index contributed by atoms with van der Waals surface area (Å²) in [5.74, 6) is -0.0971. The number of hydrogen-bond acceptors (Lipinski definition) is 6. The van der Waals surface area contributed by atoms with Crippen LogP contribution in [0.1, 0.15) is 23.3 Å².